The zero-order valence-corrected chi connectivity index (χ0v) is 16.8. The summed E-state index contributed by atoms with van der Waals surface area (Å²) in [6, 6.07) is 1.44. The van der Waals surface area contributed by atoms with Crippen molar-refractivity contribution in [3.8, 4) is 11.6 Å². The Hall–Kier alpha value is -3.10. The van der Waals surface area contributed by atoms with Gasteiger partial charge in [-0.15, -0.1) is 13.2 Å². The molecule has 7 nitrogen and oxygen atoms in total. The quantitative estimate of drug-likeness (QED) is 0.640. The van der Waals surface area contributed by atoms with Gasteiger partial charge in [0, 0.05) is 24.6 Å². The molecule has 0 bridgehead atoms. The number of carbonyl (C=O) groups excluding carboxylic acids is 1. The second-order valence-electron chi connectivity index (χ2n) is 7.50. The topological polar surface area (TPSA) is 74.6 Å². The van der Waals surface area contributed by atoms with Gasteiger partial charge in [-0.25, -0.2) is 13.5 Å². The van der Waals surface area contributed by atoms with E-state index in [0.717, 1.165) is 16.8 Å². The molecular weight excluding hydrogens is 486 g/mol. The highest BCUT2D eigenvalue weighted by atomic mass is 19.4. The third-order valence-electron chi connectivity index (χ3n) is 5.16. The number of benzene rings is 1. The predicted molar refractivity (Wildman–Crippen MR) is 95.3 cm³/mol. The van der Waals surface area contributed by atoms with Crippen molar-refractivity contribution in [2.45, 2.75) is 50.2 Å². The summed E-state index contributed by atoms with van der Waals surface area (Å²) in [4.78, 5) is 12.6. The van der Waals surface area contributed by atoms with Crippen molar-refractivity contribution < 1.29 is 54.1 Å². The molecule has 186 valence electrons. The first kappa shape index (κ1) is 24.0. The van der Waals surface area contributed by atoms with Crippen LogP contribution in [0.15, 0.2) is 24.3 Å². The smallest absolute Gasteiger partial charge is 0.491 e. The number of hydrogen-bond acceptors (Lipinski definition) is 5. The maximum Gasteiger partial charge on any atom is 0.523 e. The first-order valence-electron chi connectivity index (χ1n) is 9.74. The summed E-state index contributed by atoms with van der Waals surface area (Å²) in [5.41, 5.74) is -2.15. The third kappa shape index (κ3) is 5.03. The average molecular weight is 501 g/mol. The lowest BCUT2D eigenvalue weighted by Gasteiger charge is -2.34. The molecule has 1 N–H and O–H groups in total. The van der Waals surface area contributed by atoms with Gasteiger partial charge in [0.2, 0.25) is 5.88 Å². The van der Waals surface area contributed by atoms with E-state index in [1.165, 1.54) is 0 Å². The van der Waals surface area contributed by atoms with E-state index in [1.807, 2.05) is 0 Å². The van der Waals surface area contributed by atoms with Gasteiger partial charge >= 0.3 is 12.5 Å². The zero-order chi connectivity index (χ0) is 24.8. The van der Waals surface area contributed by atoms with Crippen LogP contribution in [0.3, 0.4) is 0 Å². The maximum absolute atomic E-state index is 13.1. The Labute approximate surface area is 185 Å². The van der Waals surface area contributed by atoms with Crippen LogP contribution in [0.4, 0.5) is 35.1 Å². The van der Waals surface area contributed by atoms with Crippen LogP contribution in [0.1, 0.15) is 34.1 Å². The molecular formula is C19H15F8N3O4. The Bertz CT molecular complexity index is 1070. The highest BCUT2D eigenvalue weighted by Crippen LogP contribution is 2.42. The third-order valence-corrected chi connectivity index (χ3v) is 5.16. The molecule has 4 rings (SSSR count). The molecule has 2 unspecified atom stereocenters. The van der Waals surface area contributed by atoms with Crippen LogP contribution in [0.5, 0.6) is 11.6 Å². The summed E-state index contributed by atoms with van der Waals surface area (Å²) in [6.45, 7) is -0.542. The van der Waals surface area contributed by atoms with Crippen LogP contribution in [-0.2, 0) is 17.5 Å². The first-order chi connectivity index (χ1) is 15.8. The van der Waals surface area contributed by atoms with Gasteiger partial charge in [0.25, 0.3) is 12.3 Å². The molecule has 34 heavy (non-hydrogen) atoms. The van der Waals surface area contributed by atoms with Gasteiger partial charge in [-0.2, -0.15) is 18.3 Å². The molecule has 0 saturated carbocycles. The van der Waals surface area contributed by atoms with Crippen LogP contribution in [0.25, 0.3) is 0 Å². The van der Waals surface area contributed by atoms with E-state index < -0.39 is 60.9 Å². The number of alkyl halides is 8. The second-order valence-corrected chi connectivity index (χ2v) is 7.50. The largest absolute Gasteiger partial charge is 0.523 e. The molecule has 0 radical (unpaired) electrons. The summed E-state index contributed by atoms with van der Waals surface area (Å²) in [6.07, 6.45) is -16.4. The number of fused-ring (bicyclic) bond motifs is 2. The van der Waals surface area contributed by atoms with E-state index in [1.54, 1.807) is 0 Å². The van der Waals surface area contributed by atoms with Gasteiger partial charge in [0.15, 0.2) is 11.8 Å². The molecule has 0 saturated heterocycles. The first-order valence-corrected chi connectivity index (χ1v) is 9.74. The van der Waals surface area contributed by atoms with E-state index in [2.05, 4.69) is 15.2 Å². The molecule has 2 aromatic rings. The lowest BCUT2D eigenvalue weighted by molar-refractivity contribution is -0.349. The highest BCUT2D eigenvalue weighted by Gasteiger charge is 2.43. The number of aryl methyl sites for hydroxylation is 1. The molecule has 0 aliphatic carbocycles. The van der Waals surface area contributed by atoms with Crippen molar-refractivity contribution in [1.29, 1.82) is 0 Å². The van der Waals surface area contributed by atoms with Crippen molar-refractivity contribution in [2.75, 3.05) is 6.61 Å². The van der Waals surface area contributed by atoms with Crippen LogP contribution >= 0.6 is 0 Å². The summed E-state index contributed by atoms with van der Waals surface area (Å²) >= 11 is 0. The van der Waals surface area contributed by atoms with Crippen molar-refractivity contribution >= 4 is 5.91 Å². The minimum absolute atomic E-state index is 0.0115. The molecule has 2 aliphatic rings. The van der Waals surface area contributed by atoms with Gasteiger partial charge in [0.1, 0.15) is 18.5 Å². The standard InChI is InChI=1S/C19H15F8N3O4/c20-16(21)13-3-4-30-14(33-13)6-10(29-30)17(31)28-11-7-32-12-2-1-8(18(22,23)24)5-9(12)15(11)34-19(25,26)27/h1-2,5-6,11,13,15-16H,3-4,7H2,(H,28,31)/t11-,13?,15?/m0/s1. The lowest BCUT2D eigenvalue weighted by atomic mass is 9.96. The Morgan fingerprint density at radius 2 is 1.91 bits per heavy atom. The van der Waals surface area contributed by atoms with Crippen LogP contribution in [-0.4, -0.2) is 47.2 Å². The molecule has 3 heterocycles. The number of hydrogen-bond donors (Lipinski definition) is 1. The number of rotatable bonds is 4. The Morgan fingerprint density at radius 1 is 1.18 bits per heavy atom. The molecule has 2 aliphatic heterocycles. The number of amides is 1. The highest BCUT2D eigenvalue weighted by molar-refractivity contribution is 5.92. The number of carbonyl (C=O) groups is 1. The van der Waals surface area contributed by atoms with Gasteiger partial charge in [0.05, 0.1) is 11.6 Å². The Balaban J connectivity index is 1.58. The number of nitrogens with zero attached hydrogens (tertiary/aromatic N) is 2. The van der Waals surface area contributed by atoms with Crippen molar-refractivity contribution in [3.63, 3.8) is 0 Å². The normalized spacial score (nSPS) is 22.4. The molecule has 0 fully saturated rings. The number of nitrogens with one attached hydrogen (secondary N) is 1. The average Bonchev–Trinajstić information content (AvgIpc) is 3.17. The van der Waals surface area contributed by atoms with Crippen LogP contribution < -0.4 is 14.8 Å². The maximum atomic E-state index is 13.1. The van der Waals surface area contributed by atoms with Gasteiger partial charge in [-0.05, 0) is 18.2 Å². The number of halogens is 8. The van der Waals surface area contributed by atoms with Crippen LogP contribution in [0, 0.1) is 0 Å². The molecule has 1 amide bonds. The van der Waals surface area contributed by atoms with Crippen molar-refractivity contribution in [1.82, 2.24) is 15.1 Å². The predicted octanol–water partition coefficient (Wildman–Crippen LogP) is 4.09. The molecule has 0 spiro atoms. The van der Waals surface area contributed by atoms with Crippen molar-refractivity contribution in [2.24, 2.45) is 0 Å². The monoisotopic (exact) mass is 501 g/mol. The van der Waals surface area contributed by atoms with E-state index in [0.29, 0.717) is 12.1 Å². The van der Waals surface area contributed by atoms with E-state index >= 15 is 0 Å². The van der Waals surface area contributed by atoms with Gasteiger partial charge < -0.3 is 14.8 Å². The van der Waals surface area contributed by atoms with Gasteiger partial charge in [-0.1, -0.05) is 0 Å². The van der Waals surface area contributed by atoms with E-state index in [-0.39, 0.29) is 30.3 Å². The molecule has 15 heteroatoms. The Morgan fingerprint density at radius 3 is 2.56 bits per heavy atom. The second kappa shape index (κ2) is 8.60. The van der Waals surface area contributed by atoms with E-state index in [4.69, 9.17) is 9.47 Å². The summed E-state index contributed by atoms with van der Waals surface area (Å²) in [7, 11) is 0. The molecule has 1 aromatic carbocycles. The fraction of sp³-hybridized carbons (Fsp3) is 0.474. The fourth-order valence-corrected chi connectivity index (χ4v) is 3.62. The van der Waals surface area contributed by atoms with Crippen LogP contribution in [0.2, 0.25) is 0 Å². The lowest BCUT2D eigenvalue weighted by Crippen LogP contribution is -2.47. The number of ether oxygens (including phenoxy) is 3. The van der Waals surface area contributed by atoms with Gasteiger partial charge in [-0.3, -0.25) is 9.53 Å². The van der Waals surface area contributed by atoms with E-state index in [9.17, 15) is 39.9 Å². The Kier molecular flexibility index (Phi) is 6.08. The number of aromatic nitrogens is 2. The van der Waals surface area contributed by atoms with Crippen molar-refractivity contribution in [3.05, 3.63) is 41.1 Å². The summed E-state index contributed by atoms with van der Waals surface area (Å²) in [5, 5.41) is 6.08. The zero-order valence-electron chi connectivity index (χ0n) is 16.8. The SMILES string of the molecule is O=C(N[C@H]1COc2ccc(C(F)(F)F)cc2C1OC(F)(F)F)c1cc2n(n1)CCC(C(F)F)O2. The minimum atomic E-state index is -5.25. The molecule has 3 atom stereocenters. The molecule has 1 aromatic heterocycles. The summed E-state index contributed by atoms with van der Waals surface area (Å²) < 4.78 is 120. The fourth-order valence-electron chi connectivity index (χ4n) is 3.62. The summed E-state index contributed by atoms with van der Waals surface area (Å²) in [5.74, 6) is -1.43. The minimum Gasteiger partial charge on any atom is -0.491 e.